The number of rotatable bonds is 7. The van der Waals surface area contributed by atoms with Gasteiger partial charge in [-0.25, -0.2) is 0 Å². The second-order valence-corrected chi connectivity index (χ2v) is 8.11. The largest absolute Gasteiger partial charge is 0.352 e. The van der Waals surface area contributed by atoms with Gasteiger partial charge in [-0.2, -0.15) is 0 Å². The molecule has 1 aliphatic rings. The molecule has 0 atom stereocenters. The number of carbonyl (C=O) groups is 1. The van der Waals surface area contributed by atoms with Crippen LogP contribution in [0.1, 0.15) is 35.2 Å². The minimum atomic E-state index is 0.0309. The van der Waals surface area contributed by atoms with Crippen molar-refractivity contribution in [3.8, 4) is 0 Å². The highest BCUT2D eigenvalue weighted by molar-refractivity contribution is 6.06. The van der Waals surface area contributed by atoms with Gasteiger partial charge in [0.1, 0.15) is 0 Å². The van der Waals surface area contributed by atoms with Crippen molar-refractivity contribution < 1.29 is 4.79 Å². The molecular formula is C26H30N2O. The molecule has 0 bridgehead atoms. The molecule has 0 unspecified atom stereocenters. The molecule has 0 spiro atoms. The van der Waals surface area contributed by atoms with Crippen LogP contribution >= 0.6 is 0 Å². The van der Waals surface area contributed by atoms with E-state index in [-0.39, 0.29) is 5.91 Å². The Balaban J connectivity index is 1.18. The number of fused-ring (bicyclic) bond motifs is 1. The molecule has 1 fully saturated rings. The van der Waals surface area contributed by atoms with Crippen LogP contribution in [0.5, 0.6) is 0 Å². The zero-order valence-electron chi connectivity index (χ0n) is 17.0. The van der Waals surface area contributed by atoms with Crippen molar-refractivity contribution in [1.29, 1.82) is 0 Å². The first-order valence-corrected chi connectivity index (χ1v) is 10.8. The standard InChI is InChI=1S/C26H30N2O/c29-26(25-13-6-11-23-10-4-5-12-24(23)25)27-16-7-17-28-18-14-22(15-19-28)20-21-8-2-1-3-9-21/h1-6,8-13,22H,7,14-20H2,(H,27,29). The molecule has 1 N–H and O–H groups in total. The van der Waals surface area contributed by atoms with Gasteiger partial charge in [-0.3, -0.25) is 4.79 Å². The lowest BCUT2D eigenvalue weighted by Gasteiger charge is -2.32. The molecule has 0 radical (unpaired) electrons. The summed E-state index contributed by atoms with van der Waals surface area (Å²) in [5, 5.41) is 5.24. The quantitative estimate of drug-likeness (QED) is 0.585. The summed E-state index contributed by atoms with van der Waals surface area (Å²) in [6.45, 7) is 4.14. The first kappa shape index (κ1) is 19.7. The van der Waals surface area contributed by atoms with Crippen LogP contribution in [0.15, 0.2) is 72.8 Å². The second-order valence-electron chi connectivity index (χ2n) is 8.11. The summed E-state index contributed by atoms with van der Waals surface area (Å²) in [5.41, 5.74) is 2.23. The Bertz CT molecular complexity index is 924. The second kappa shape index (κ2) is 9.71. The predicted molar refractivity (Wildman–Crippen MR) is 120 cm³/mol. The third-order valence-corrected chi connectivity index (χ3v) is 6.05. The number of nitrogens with one attached hydrogen (secondary N) is 1. The van der Waals surface area contributed by atoms with Crippen LogP contribution in [0.2, 0.25) is 0 Å². The fourth-order valence-corrected chi connectivity index (χ4v) is 4.38. The molecule has 0 aromatic heterocycles. The minimum Gasteiger partial charge on any atom is -0.352 e. The first-order chi connectivity index (χ1) is 14.3. The molecule has 1 saturated heterocycles. The van der Waals surface area contributed by atoms with E-state index in [1.165, 1.54) is 37.9 Å². The summed E-state index contributed by atoms with van der Waals surface area (Å²) >= 11 is 0. The van der Waals surface area contributed by atoms with Crippen LogP contribution in [-0.2, 0) is 6.42 Å². The fraction of sp³-hybridized carbons (Fsp3) is 0.346. The molecule has 150 valence electrons. The SMILES string of the molecule is O=C(NCCCN1CCC(Cc2ccccc2)CC1)c1cccc2ccccc12. The van der Waals surface area contributed by atoms with Gasteiger partial charge in [-0.1, -0.05) is 66.7 Å². The van der Waals surface area contributed by atoms with Gasteiger partial charge in [0.15, 0.2) is 0 Å². The smallest absolute Gasteiger partial charge is 0.251 e. The van der Waals surface area contributed by atoms with Crippen LogP contribution in [-0.4, -0.2) is 37.0 Å². The lowest BCUT2D eigenvalue weighted by Crippen LogP contribution is -2.36. The molecule has 3 aromatic rings. The lowest BCUT2D eigenvalue weighted by atomic mass is 9.90. The van der Waals surface area contributed by atoms with E-state index in [1.54, 1.807) is 0 Å². The molecule has 1 heterocycles. The Kier molecular flexibility index (Phi) is 6.58. The molecular weight excluding hydrogens is 356 g/mol. The Hall–Kier alpha value is -2.65. The minimum absolute atomic E-state index is 0.0309. The number of carbonyl (C=O) groups excluding carboxylic acids is 1. The molecule has 1 aliphatic heterocycles. The highest BCUT2D eigenvalue weighted by Crippen LogP contribution is 2.22. The van der Waals surface area contributed by atoms with Gasteiger partial charge in [0.05, 0.1) is 0 Å². The number of piperidine rings is 1. The zero-order valence-corrected chi connectivity index (χ0v) is 17.0. The Morgan fingerprint density at radius 3 is 2.45 bits per heavy atom. The van der Waals surface area contributed by atoms with Crippen molar-refractivity contribution in [3.05, 3.63) is 83.9 Å². The van der Waals surface area contributed by atoms with E-state index < -0.39 is 0 Å². The predicted octanol–water partition coefficient (Wildman–Crippen LogP) is 4.91. The van der Waals surface area contributed by atoms with Gasteiger partial charge in [-0.15, -0.1) is 0 Å². The van der Waals surface area contributed by atoms with Gasteiger partial charge < -0.3 is 10.2 Å². The van der Waals surface area contributed by atoms with E-state index in [4.69, 9.17) is 0 Å². The average molecular weight is 387 g/mol. The van der Waals surface area contributed by atoms with Crippen molar-refractivity contribution in [3.63, 3.8) is 0 Å². The fourth-order valence-electron chi connectivity index (χ4n) is 4.38. The highest BCUT2D eigenvalue weighted by Gasteiger charge is 2.19. The Labute approximate surface area is 173 Å². The highest BCUT2D eigenvalue weighted by atomic mass is 16.1. The number of hydrogen-bond donors (Lipinski definition) is 1. The lowest BCUT2D eigenvalue weighted by molar-refractivity contribution is 0.0952. The monoisotopic (exact) mass is 386 g/mol. The van der Waals surface area contributed by atoms with Crippen molar-refractivity contribution in [2.24, 2.45) is 5.92 Å². The molecule has 1 amide bonds. The van der Waals surface area contributed by atoms with Gasteiger partial charge in [0.2, 0.25) is 0 Å². The van der Waals surface area contributed by atoms with E-state index in [9.17, 15) is 4.79 Å². The molecule has 4 rings (SSSR count). The van der Waals surface area contributed by atoms with Gasteiger partial charge >= 0.3 is 0 Å². The third-order valence-electron chi connectivity index (χ3n) is 6.05. The van der Waals surface area contributed by atoms with E-state index in [0.717, 1.165) is 41.8 Å². The van der Waals surface area contributed by atoms with Crippen LogP contribution in [0.25, 0.3) is 10.8 Å². The maximum Gasteiger partial charge on any atom is 0.251 e. The number of likely N-dealkylation sites (tertiary alicyclic amines) is 1. The molecule has 0 saturated carbocycles. The zero-order chi connectivity index (χ0) is 19.9. The van der Waals surface area contributed by atoms with Gasteiger partial charge in [-0.05, 0) is 73.6 Å². The van der Waals surface area contributed by atoms with Gasteiger partial charge in [0, 0.05) is 12.1 Å². The van der Waals surface area contributed by atoms with Gasteiger partial charge in [0.25, 0.3) is 5.91 Å². The van der Waals surface area contributed by atoms with E-state index in [2.05, 4.69) is 40.5 Å². The normalized spacial score (nSPS) is 15.4. The topological polar surface area (TPSA) is 32.3 Å². The summed E-state index contributed by atoms with van der Waals surface area (Å²) in [6.07, 6.45) is 4.75. The number of amides is 1. The van der Waals surface area contributed by atoms with Crippen LogP contribution in [0, 0.1) is 5.92 Å². The van der Waals surface area contributed by atoms with Crippen molar-refractivity contribution in [1.82, 2.24) is 10.2 Å². The summed E-state index contributed by atoms with van der Waals surface area (Å²) in [6, 6.07) is 24.8. The summed E-state index contributed by atoms with van der Waals surface area (Å²) in [5.74, 6) is 0.836. The Morgan fingerprint density at radius 2 is 1.62 bits per heavy atom. The molecule has 0 aliphatic carbocycles. The van der Waals surface area contributed by atoms with E-state index in [0.29, 0.717) is 0 Å². The summed E-state index contributed by atoms with van der Waals surface area (Å²) in [4.78, 5) is 15.1. The number of benzene rings is 3. The first-order valence-electron chi connectivity index (χ1n) is 10.8. The number of hydrogen-bond acceptors (Lipinski definition) is 2. The van der Waals surface area contributed by atoms with E-state index in [1.807, 2.05) is 42.5 Å². The molecule has 3 heteroatoms. The average Bonchev–Trinajstić information content (AvgIpc) is 2.78. The van der Waals surface area contributed by atoms with Crippen molar-refractivity contribution >= 4 is 16.7 Å². The third kappa shape index (κ3) is 5.24. The number of nitrogens with zero attached hydrogens (tertiary/aromatic N) is 1. The molecule has 3 aromatic carbocycles. The summed E-state index contributed by atoms with van der Waals surface area (Å²) in [7, 11) is 0. The molecule has 3 nitrogen and oxygen atoms in total. The van der Waals surface area contributed by atoms with Crippen LogP contribution in [0.4, 0.5) is 0 Å². The van der Waals surface area contributed by atoms with Crippen molar-refractivity contribution in [2.45, 2.75) is 25.7 Å². The molecule has 29 heavy (non-hydrogen) atoms. The van der Waals surface area contributed by atoms with Crippen molar-refractivity contribution in [2.75, 3.05) is 26.2 Å². The van der Waals surface area contributed by atoms with Crippen LogP contribution in [0.3, 0.4) is 0 Å². The summed E-state index contributed by atoms with van der Waals surface area (Å²) < 4.78 is 0. The van der Waals surface area contributed by atoms with E-state index >= 15 is 0 Å². The maximum atomic E-state index is 12.6. The van der Waals surface area contributed by atoms with Crippen LogP contribution < -0.4 is 5.32 Å². The maximum absolute atomic E-state index is 12.6. The Morgan fingerprint density at radius 1 is 0.897 bits per heavy atom.